The molecule has 4 atom stereocenters. The molecule has 1 fully saturated rings. The number of hydrogen-bond acceptors (Lipinski definition) is 6. The summed E-state index contributed by atoms with van der Waals surface area (Å²) in [6.45, 7) is 6.48. The van der Waals surface area contributed by atoms with Crippen LogP contribution in [0, 0.1) is 0 Å². The second-order valence-electron chi connectivity index (χ2n) is 8.85. The van der Waals surface area contributed by atoms with Crippen LogP contribution in [0.5, 0.6) is 0 Å². The maximum absolute atomic E-state index is 13.5. The Balaban J connectivity index is 1.65. The Morgan fingerprint density at radius 3 is 2.78 bits per heavy atom. The van der Waals surface area contributed by atoms with Crippen LogP contribution in [0.2, 0.25) is 0 Å². The highest BCUT2D eigenvalue weighted by Crippen LogP contribution is 2.38. The first-order valence-corrected chi connectivity index (χ1v) is 11.1. The summed E-state index contributed by atoms with van der Waals surface area (Å²) in [5.41, 5.74) is 4.46. The van der Waals surface area contributed by atoms with Gasteiger partial charge in [-0.05, 0) is 27.2 Å². The summed E-state index contributed by atoms with van der Waals surface area (Å²) < 4.78 is 23.2. The van der Waals surface area contributed by atoms with E-state index in [-0.39, 0.29) is 12.1 Å². The van der Waals surface area contributed by atoms with Crippen molar-refractivity contribution in [3.05, 3.63) is 35.7 Å². The summed E-state index contributed by atoms with van der Waals surface area (Å²) in [4.78, 5) is 5.00. The van der Waals surface area contributed by atoms with Gasteiger partial charge in [0.25, 0.3) is 0 Å². The molecule has 32 heavy (non-hydrogen) atoms. The molecule has 3 aromatic heterocycles. The fourth-order valence-electron chi connectivity index (χ4n) is 4.27. The number of rotatable bonds is 7. The standard InChI is InChI=1S/C23H30FN7O/c1-12(2)30-11-16(14-7-6-13(3)27-21(14)30)18-9-20(25-4)31-22(28-18)15(10-26-31)23(32-5)29-19-8-17(19)24/h6-7,9-13,17,19,23,25,27,29H,8H2,1-5H3/t13?,17-,19+,23?/m0/s1. The van der Waals surface area contributed by atoms with Crippen LogP contribution in [0.25, 0.3) is 23.0 Å². The van der Waals surface area contributed by atoms with Crippen molar-refractivity contribution in [1.29, 1.82) is 0 Å². The largest absolute Gasteiger partial charge is 0.373 e. The minimum Gasteiger partial charge on any atom is -0.373 e. The number of nitrogens with zero attached hydrogens (tertiary/aromatic N) is 4. The molecule has 0 bridgehead atoms. The van der Waals surface area contributed by atoms with Crippen molar-refractivity contribution in [3.8, 4) is 11.3 Å². The summed E-state index contributed by atoms with van der Waals surface area (Å²) >= 11 is 0. The average Bonchev–Trinajstić information content (AvgIpc) is 3.15. The number of fused-ring (bicyclic) bond motifs is 2. The van der Waals surface area contributed by atoms with Crippen LogP contribution in [0.4, 0.5) is 16.0 Å². The Kier molecular flexibility index (Phi) is 5.17. The second-order valence-corrected chi connectivity index (χ2v) is 8.85. The molecule has 5 rings (SSSR count). The van der Waals surface area contributed by atoms with Crippen LogP contribution >= 0.6 is 0 Å². The molecule has 0 saturated heterocycles. The van der Waals surface area contributed by atoms with Crippen LogP contribution in [0.15, 0.2) is 24.5 Å². The molecule has 3 N–H and O–H groups in total. The Bertz CT molecular complexity index is 1180. The molecule has 0 radical (unpaired) electrons. The molecule has 2 aliphatic rings. The van der Waals surface area contributed by atoms with Crippen molar-refractivity contribution in [3.63, 3.8) is 0 Å². The molecule has 1 aliphatic heterocycles. The van der Waals surface area contributed by atoms with Crippen molar-refractivity contribution < 1.29 is 9.13 Å². The highest BCUT2D eigenvalue weighted by Gasteiger charge is 2.39. The molecule has 170 valence electrons. The zero-order valence-corrected chi connectivity index (χ0v) is 19.1. The quantitative estimate of drug-likeness (QED) is 0.483. The van der Waals surface area contributed by atoms with E-state index in [1.54, 1.807) is 17.8 Å². The molecule has 3 aromatic rings. The molecule has 2 unspecified atom stereocenters. The van der Waals surface area contributed by atoms with Gasteiger partial charge in [0.2, 0.25) is 0 Å². The zero-order chi connectivity index (χ0) is 22.6. The molecule has 4 heterocycles. The number of nitrogens with one attached hydrogen (secondary N) is 3. The molecular formula is C23H30FN7O. The number of ether oxygens (including phenoxy) is 1. The van der Waals surface area contributed by atoms with Crippen LogP contribution < -0.4 is 16.0 Å². The lowest BCUT2D eigenvalue weighted by Gasteiger charge is -2.21. The highest BCUT2D eigenvalue weighted by molar-refractivity contribution is 5.84. The van der Waals surface area contributed by atoms with E-state index < -0.39 is 12.4 Å². The first-order valence-electron chi connectivity index (χ1n) is 11.1. The fourth-order valence-corrected chi connectivity index (χ4v) is 4.27. The predicted octanol–water partition coefficient (Wildman–Crippen LogP) is 3.99. The number of hydrogen-bond donors (Lipinski definition) is 3. The molecule has 0 aromatic carbocycles. The Morgan fingerprint density at radius 2 is 2.12 bits per heavy atom. The van der Waals surface area contributed by atoms with Gasteiger partial charge in [-0.25, -0.2) is 9.37 Å². The van der Waals surface area contributed by atoms with E-state index in [1.807, 2.05) is 13.1 Å². The van der Waals surface area contributed by atoms with Gasteiger partial charge in [-0.2, -0.15) is 9.61 Å². The first kappa shape index (κ1) is 21.0. The van der Waals surface area contributed by atoms with E-state index in [1.165, 1.54) is 0 Å². The first-order chi connectivity index (χ1) is 15.4. The van der Waals surface area contributed by atoms with Crippen molar-refractivity contribution in [2.75, 3.05) is 24.8 Å². The van der Waals surface area contributed by atoms with Crippen molar-refractivity contribution in [2.24, 2.45) is 0 Å². The van der Waals surface area contributed by atoms with Gasteiger partial charge in [0, 0.05) is 55.7 Å². The maximum atomic E-state index is 13.5. The van der Waals surface area contributed by atoms with Gasteiger partial charge in [-0.1, -0.05) is 12.2 Å². The number of methoxy groups -OCH3 is 1. The summed E-state index contributed by atoms with van der Waals surface area (Å²) in [6, 6.07) is 2.38. The van der Waals surface area contributed by atoms with Crippen LogP contribution in [-0.2, 0) is 4.74 Å². The van der Waals surface area contributed by atoms with E-state index >= 15 is 0 Å². The lowest BCUT2D eigenvalue weighted by atomic mass is 10.1. The topological polar surface area (TPSA) is 80.4 Å². The smallest absolute Gasteiger partial charge is 0.165 e. The van der Waals surface area contributed by atoms with E-state index in [4.69, 9.17) is 9.72 Å². The average molecular weight is 440 g/mol. The lowest BCUT2D eigenvalue weighted by molar-refractivity contribution is 0.0708. The second kappa shape index (κ2) is 7.90. The summed E-state index contributed by atoms with van der Waals surface area (Å²) in [7, 11) is 3.47. The van der Waals surface area contributed by atoms with Crippen LogP contribution in [0.3, 0.4) is 0 Å². The van der Waals surface area contributed by atoms with Gasteiger partial charge >= 0.3 is 0 Å². The Morgan fingerprint density at radius 1 is 1.34 bits per heavy atom. The number of aromatic nitrogens is 4. The van der Waals surface area contributed by atoms with Crippen molar-refractivity contribution in [1.82, 2.24) is 24.5 Å². The summed E-state index contributed by atoms with van der Waals surface area (Å²) in [5, 5.41) is 14.5. The summed E-state index contributed by atoms with van der Waals surface area (Å²) in [6.07, 6.45) is 7.42. The van der Waals surface area contributed by atoms with Gasteiger partial charge in [-0.3, -0.25) is 5.32 Å². The van der Waals surface area contributed by atoms with Crippen molar-refractivity contribution in [2.45, 2.75) is 57.7 Å². The monoisotopic (exact) mass is 439 g/mol. The predicted molar refractivity (Wildman–Crippen MR) is 125 cm³/mol. The molecule has 1 aliphatic carbocycles. The molecule has 0 amide bonds. The lowest BCUT2D eigenvalue weighted by Crippen LogP contribution is -2.26. The van der Waals surface area contributed by atoms with Gasteiger partial charge in [0.15, 0.2) is 5.65 Å². The number of alkyl halides is 1. The number of anilines is 2. The van der Waals surface area contributed by atoms with Gasteiger partial charge in [0.1, 0.15) is 24.0 Å². The minimum absolute atomic E-state index is 0.188. The molecular weight excluding hydrogens is 409 g/mol. The van der Waals surface area contributed by atoms with Crippen LogP contribution in [-0.4, -0.2) is 51.6 Å². The Labute approximate surface area is 186 Å². The third-order valence-electron chi connectivity index (χ3n) is 6.17. The number of halogens is 1. The third-order valence-corrected chi connectivity index (χ3v) is 6.17. The van der Waals surface area contributed by atoms with Gasteiger partial charge in [-0.15, -0.1) is 0 Å². The van der Waals surface area contributed by atoms with Crippen molar-refractivity contribution >= 4 is 23.4 Å². The maximum Gasteiger partial charge on any atom is 0.165 e. The van der Waals surface area contributed by atoms with E-state index in [2.05, 4.69) is 64.7 Å². The highest BCUT2D eigenvalue weighted by atomic mass is 19.1. The summed E-state index contributed by atoms with van der Waals surface area (Å²) in [5.74, 6) is 1.92. The zero-order valence-electron chi connectivity index (χ0n) is 19.1. The molecule has 9 heteroatoms. The Hall–Kier alpha value is -2.91. The van der Waals surface area contributed by atoms with E-state index in [0.717, 1.165) is 34.0 Å². The minimum atomic E-state index is -0.824. The SMILES string of the molecule is CNc1cc(-c2cn(C(C)C)c3c2C=CC(C)N3)nc2c(C(N[C@@H]3C[C@@H]3F)OC)cnn12. The van der Waals surface area contributed by atoms with Gasteiger partial charge < -0.3 is 19.9 Å². The fraction of sp³-hybridized carbons (Fsp3) is 0.478. The van der Waals surface area contributed by atoms with E-state index in [9.17, 15) is 4.39 Å². The van der Waals surface area contributed by atoms with Gasteiger partial charge in [0.05, 0.1) is 17.5 Å². The molecule has 0 spiro atoms. The molecule has 1 saturated carbocycles. The van der Waals surface area contributed by atoms with E-state index in [0.29, 0.717) is 18.1 Å². The van der Waals surface area contributed by atoms with Crippen LogP contribution in [0.1, 0.15) is 50.6 Å². The molecule has 8 nitrogen and oxygen atoms in total. The third kappa shape index (κ3) is 3.45. The normalized spacial score (nSPS) is 22.8.